The summed E-state index contributed by atoms with van der Waals surface area (Å²) in [6.45, 7) is 13.8. The van der Waals surface area contributed by atoms with E-state index < -0.39 is 21.5 Å². The standard InChI is InChI=1S/2C15H14NO.C2H7Si.2ClH.Zr/c2*1-10(2)12-8-11-4-3-5-13(14(11)9-12)15-16-6-7-17-15;1-3-2;;;/h2*3-10H,1-2H3;3H,1-2H3;2*1H;/q;;;;;+2/p-2. The molecule has 0 fully saturated rings. The Morgan fingerprint density at radius 2 is 1.15 bits per heavy atom. The molecule has 2 aliphatic rings. The Bertz CT molecular complexity index is 1520. The third-order valence-corrected chi connectivity index (χ3v) is 60.7. The van der Waals surface area contributed by atoms with Crippen LogP contribution < -0.4 is 0 Å². The predicted molar refractivity (Wildman–Crippen MR) is 166 cm³/mol. The molecule has 6 rings (SSSR count). The Hall–Kier alpha value is -1.98. The van der Waals surface area contributed by atoms with Crippen molar-refractivity contribution < 1.29 is 24.4 Å². The van der Waals surface area contributed by atoms with Gasteiger partial charge >= 0.3 is 247 Å². The van der Waals surface area contributed by atoms with E-state index in [0.29, 0.717) is 23.6 Å². The van der Waals surface area contributed by atoms with Crippen LogP contribution in [-0.2, 0) is 15.6 Å². The van der Waals surface area contributed by atoms with Crippen molar-refractivity contribution in [2.45, 2.75) is 48.0 Å². The van der Waals surface area contributed by atoms with Gasteiger partial charge in [0.15, 0.2) is 0 Å². The summed E-state index contributed by atoms with van der Waals surface area (Å²) in [4.78, 5) is 8.98. The first-order valence-corrected chi connectivity index (χ1v) is 30.4. The van der Waals surface area contributed by atoms with E-state index in [4.69, 9.17) is 25.9 Å². The summed E-state index contributed by atoms with van der Waals surface area (Å²) >= 11 is -4.87. The molecular formula is C32H35Cl2N2O2SiZr. The number of benzene rings is 2. The summed E-state index contributed by atoms with van der Waals surface area (Å²) in [6.07, 6.45) is 11.3. The number of allylic oxidation sites excluding steroid dienone is 2. The van der Waals surface area contributed by atoms with Gasteiger partial charge in [0.2, 0.25) is 0 Å². The van der Waals surface area contributed by atoms with Gasteiger partial charge in [0.1, 0.15) is 0 Å². The molecule has 0 saturated heterocycles. The molecule has 4 aromatic rings. The van der Waals surface area contributed by atoms with Crippen LogP contribution in [0.2, 0.25) is 13.1 Å². The van der Waals surface area contributed by atoms with Crippen molar-refractivity contribution in [3.8, 4) is 22.9 Å². The molecule has 2 aliphatic carbocycles. The number of oxazole rings is 2. The zero-order valence-electron chi connectivity index (χ0n) is 23.8. The summed E-state index contributed by atoms with van der Waals surface area (Å²) in [5, 5.41) is 0. The third kappa shape index (κ3) is 4.08. The van der Waals surface area contributed by atoms with Gasteiger partial charge in [-0.3, -0.25) is 0 Å². The number of hydrogen-bond acceptors (Lipinski definition) is 4. The molecule has 207 valence electrons. The second kappa shape index (κ2) is 10.1. The molecule has 0 saturated carbocycles. The van der Waals surface area contributed by atoms with Crippen LogP contribution in [0.15, 0.2) is 81.3 Å². The molecule has 0 bridgehead atoms. The SMILES string of the molecule is CC(C)C1=Cc2c(-c3ncco3)cccc2[CH]1[Zr]([Cl])([Cl])([CH]1C(C(C)C)=Cc2c(-c3ncco3)cccc21)[SiH](C)C. The maximum atomic E-state index is 8.51. The van der Waals surface area contributed by atoms with E-state index in [1.165, 1.54) is 22.3 Å². The van der Waals surface area contributed by atoms with Crippen molar-refractivity contribution >= 4 is 35.1 Å². The molecule has 8 heteroatoms. The van der Waals surface area contributed by atoms with Gasteiger partial charge in [0.05, 0.1) is 0 Å². The van der Waals surface area contributed by atoms with Crippen LogP contribution in [0.5, 0.6) is 0 Å². The summed E-state index contributed by atoms with van der Waals surface area (Å²) in [5.74, 6) is 0.163. The Balaban J connectivity index is 1.63. The van der Waals surface area contributed by atoms with Gasteiger partial charge < -0.3 is 0 Å². The molecule has 0 spiro atoms. The topological polar surface area (TPSA) is 52.1 Å². The van der Waals surface area contributed by atoms with Crippen molar-refractivity contribution in [2.24, 2.45) is 11.8 Å². The van der Waals surface area contributed by atoms with E-state index in [2.05, 4.69) is 99.3 Å². The van der Waals surface area contributed by atoms with Gasteiger partial charge in [0.25, 0.3) is 0 Å². The summed E-state index contributed by atoms with van der Waals surface area (Å²) < 4.78 is 11.6. The molecule has 0 amide bonds. The molecule has 0 N–H and O–H groups in total. The number of rotatable bonds is 7. The first-order chi connectivity index (χ1) is 19.0. The first kappa shape index (κ1) is 28.2. The van der Waals surface area contributed by atoms with Crippen LogP contribution >= 0.6 is 17.0 Å². The van der Waals surface area contributed by atoms with Crippen LogP contribution in [0, 0.1) is 11.8 Å². The van der Waals surface area contributed by atoms with Gasteiger partial charge in [-0.2, -0.15) is 0 Å². The van der Waals surface area contributed by atoms with Crippen molar-refractivity contribution in [1.82, 2.24) is 9.97 Å². The van der Waals surface area contributed by atoms with Crippen molar-refractivity contribution in [3.63, 3.8) is 0 Å². The van der Waals surface area contributed by atoms with Crippen LogP contribution in [0.4, 0.5) is 0 Å². The van der Waals surface area contributed by atoms with Gasteiger partial charge in [-0.1, -0.05) is 0 Å². The molecule has 2 aromatic heterocycles. The van der Waals surface area contributed by atoms with E-state index in [-0.39, 0.29) is 7.25 Å². The Kier molecular flexibility index (Phi) is 7.10. The van der Waals surface area contributed by atoms with Crippen molar-refractivity contribution in [1.29, 1.82) is 0 Å². The fourth-order valence-corrected chi connectivity index (χ4v) is 38.5. The summed E-state index contributed by atoms with van der Waals surface area (Å²) in [7, 11) is 17.0. The zero-order chi connectivity index (χ0) is 28.4. The molecule has 0 radical (unpaired) electrons. The normalized spacial score (nSPS) is 19.5. The molecule has 4 nitrogen and oxygen atoms in total. The maximum absolute atomic E-state index is 8.51. The van der Waals surface area contributed by atoms with Crippen LogP contribution in [0.1, 0.15) is 57.2 Å². The molecule has 0 aliphatic heterocycles. The fourth-order valence-electron chi connectivity index (χ4n) is 7.00. The predicted octanol–water partition coefficient (Wildman–Crippen LogP) is 9.87. The van der Waals surface area contributed by atoms with Crippen LogP contribution in [0.25, 0.3) is 35.1 Å². The third-order valence-electron chi connectivity index (χ3n) is 9.06. The number of halogens is 2. The molecule has 2 unspecified atom stereocenters. The summed E-state index contributed by atoms with van der Waals surface area (Å²) in [5.41, 5.74) is 9.44. The fraction of sp³-hybridized carbons (Fsp3) is 0.312. The van der Waals surface area contributed by atoms with Crippen molar-refractivity contribution in [2.75, 3.05) is 0 Å². The Morgan fingerprint density at radius 3 is 1.48 bits per heavy atom. The quantitative estimate of drug-likeness (QED) is 0.184. The minimum atomic E-state index is -4.87. The first-order valence-electron chi connectivity index (χ1n) is 14.1. The second-order valence-corrected chi connectivity index (χ2v) is 54.6. The zero-order valence-corrected chi connectivity index (χ0v) is 28.9. The van der Waals surface area contributed by atoms with E-state index in [9.17, 15) is 0 Å². The van der Waals surface area contributed by atoms with E-state index in [1.807, 2.05) is 0 Å². The Morgan fingerprint density at radius 1 is 0.725 bits per heavy atom. The second-order valence-electron chi connectivity index (χ2n) is 12.1. The molecule has 2 heterocycles. The van der Waals surface area contributed by atoms with E-state index >= 15 is 0 Å². The van der Waals surface area contributed by atoms with Crippen LogP contribution in [-0.4, -0.2) is 15.9 Å². The van der Waals surface area contributed by atoms with Gasteiger partial charge in [-0.05, 0) is 0 Å². The summed E-state index contributed by atoms with van der Waals surface area (Å²) in [6, 6.07) is 12.9. The molecule has 2 atom stereocenters. The van der Waals surface area contributed by atoms with Crippen molar-refractivity contribution in [3.05, 3.63) is 94.7 Å². The molecule has 2 aromatic carbocycles. The van der Waals surface area contributed by atoms with E-state index in [1.54, 1.807) is 24.9 Å². The average molecular weight is 670 g/mol. The molecular weight excluding hydrogens is 635 g/mol. The van der Waals surface area contributed by atoms with Gasteiger partial charge in [0, 0.05) is 0 Å². The minimum absolute atomic E-state index is 0.00449. The van der Waals surface area contributed by atoms with Crippen LogP contribution in [0.3, 0.4) is 0 Å². The van der Waals surface area contributed by atoms with Gasteiger partial charge in [-0.25, -0.2) is 0 Å². The number of fused-ring (bicyclic) bond motifs is 2. The Labute approximate surface area is 245 Å². The number of aromatic nitrogens is 2. The average Bonchev–Trinajstić information content (AvgIpc) is 3.72. The van der Waals surface area contributed by atoms with E-state index in [0.717, 1.165) is 22.3 Å². The van der Waals surface area contributed by atoms with Gasteiger partial charge in [-0.15, -0.1) is 0 Å². The number of nitrogens with zero attached hydrogens (tertiary/aromatic N) is 2. The molecule has 40 heavy (non-hydrogen) atoms. The number of hydrogen-bond donors (Lipinski definition) is 0. The monoisotopic (exact) mass is 667 g/mol.